The van der Waals surface area contributed by atoms with Crippen LogP contribution in [0.4, 0.5) is 0 Å². The third kappa shape index (κ3) is 11.1. The Morgan fingerprint density at radius 3 is 2.22 bits per heavy atom. The fraction of sp³-hybridized carbons (Fsp3) is 0.853. The SMILES string of the molecule is CCN1CC(OC2CCN(CCOCCC(CCc3ccc(O[C@H]4C[C@H](OC(C)(C)C)C4)cn3)C(C)(C)C)CC2)C1. The normalized spacial score (nSPS) is 24.2. The van der Waals surface area contributed by atoms with Crippen LogP contribution in [0.2, 0.25) is 0 Å². The van der Waals surface area contributed by atoms with E-state index in [0.29, 0.717) is 24.2 Å². The Kier molecular flexibility index (Phi) is 11.9. The molecule has 234 valence electrons. The summed E-state index contributed by atoms with van der Waals surface area (Å²) in [6, 6.07) is 4.21. The van der Waals surface area contributed by atoms with Crippen molar-refractivity contribution in [1.29, 1.82) is 0 Å². The number of likely N-dealkylation sites (tertiary alicyclic amines) is 2. The van der Waals surface area contributed by atoms with Crippen molar-refractivity contribution in [2.24, 2.45) is 11.3 Å². The lowest BCUT2D eigenvalue weighted by Gasteiger charge is -2.41. The lowest BCUT2D eigenvalue weighted by molar-refractivity contribution is -0.126. The number of hydrogen-bond donors (Lipinski definition) is 0. The number of hydrogen-bond acceptors (Lipinski definition) is 7. The van der Waals surface area contributed by atoms with Crippen molar-refractivity contribution >= 4 is 0 Å². The first-order chi connectivity index (χ1) is 19.5. The first-order valence-corrected chi connectivity index (χ1v) is 16.4. The van der Waals surface area contributed by atoms with Gasteiger partial charge in [0.2, 0.25) is 0 Å². The Labute approximate surface area is 250 Å². The van der Waals surface area contributed by atoms with Crippen LogP contribution >= 0.6 is 0 Å². The molecule has 0 radical (unpaired) electrons. The second-order valence-electron chi connectivity index (χ2n) is 14.7. The summed E-state index contributed by atoms with van der Waals surface area (Å²) in [5.41, 5.74) is 1.30. The first kappa shape index (κ1) is 32.7. The van der Waals surface area contributed by atoms with Crippen LogP contribution in [-0.2, 0) is 20.6 Å². The van der Waals surface area contributed by atoms with Gasteiger partial charge in [0.1, 0.15) is 11.9 Å². The molecule has 1 saturated carbocycles. The van der Waals surface area contributed by atoms with Crippen molar-refractivity contribution in [2.45, 2.75) is 123 Å². The van der Waals surface area contributed by atoms with Gasteiger partial charge >= 0.3 is 0 Å². The minimum Gasteiger partial charge on any atom is -0.489 e. The monoisotopic (exact) mass is 573 g/mol. The largest absolute Gasteiger partial charge is 0.489 e. The summed E-state index contributed by atoms with van der Waals surface area (Å²) in [5.74, 6) is 1.46. The van der Waals surface area contributed by atoms with Gasteiger partial charge in [0.25, 0.3) is 0 Å². The summed E-state index contributed by atoms with van der Waals surface area (Å²) >= 11 is 0. The molecular formula is C34H59N3O4. The number of pyridine rings is 1. The van der Waals surface area contributed by atoms with E-state index in [-0.39, 0.29) is 17.1 Å². The zero-order valence-corrected chi connectivity index (χ0v) is 27.2. The molecule has 0 spiro atoms. The number of piperidine rings is 1. The highest BCUT2D eigenvalue weighted by Gasteiger charge is 2.34. The molecule has 3 fully saturated rings. The standard InChI is InChI=1S/C34H59N3O4/c1-8-36-24-32(25-36)39-28-13-16-37(17-14-28)18-20-38-19-15-26(33(2,3)4)9-10-27-11-12-29(23-35-27)40-30-21-31(22-30)41-34(5,6)7/h11-12,23,26,28,30-32H,8-10,13-22,24-25H2,1-7H3/t26?,30-,31-. The van der Waals surface area contributed by atoms with Gasteiger partial charge in [0, 0.05) is 57.9 Å². The predicted octanol–water partition coefficient (Wildman–Crippen LogP) is 5.99. The van der Waals surface area contributed by atoms with E-state index in [1.165, 1.54) is 0 Å². The summed E-state index contributed by atoms with van der Waals surface area (Å²) < 4.78 is 24.6. The van der Waals surface area contributed by atoms with Crippen molar-refractivity contribution in [3.05, 3.63) is 24.0 Å². The van der Waals surface area contributed by atoms with Crippen molar-refractivity contribution in [3.63, 3.8) is 0 Å². The number of aryl methyl sites for hydroxylation is 1. The van der Waals surface area contributed by atoms with E-state index in [0.717, 1.165) is 109 Å². The summed E-state index contributed by atoms with van der Waals surface area (Å²) in [5, 5.41) is 0. The second-order valence-corrected chi connectivity index (χ2v) is 14.7. The topological polar surface area (TPSA) is 56.3 Å². The molecular weight excluding hydrogens is 514 g/mol. The first-order valence-electron chi connectivity index (χ1n) is 16.4. The van der Waals surface area contributed by atoms with Gasteiger partial charge in [0.05, 0.1) is 36.7 Å². The maximum Gasteiger partial charge on any atom is 0.138 e. The van der Waals surface area contributed by atoms with Crippen LogP contribution in [0.5, 0.6) is 5.75 Å². The highest BCUT2D eigenvalue weighted by atomic mass is 16.5. The van der Waals surface area contributed by atoms with Crippen LogP contribution in [0.15, 0.2) is 18.3 Å². The lowest BCUT2D eigenvalue weighted by Crippen LogP contribution is -2.53. The molecule has 3 aliphatic rings. The lowest BCUT2D eigenvalue weighted by atomic mass is 9.76. The highest BCUT2D eigenvalue weighted by molar-refractivity contribution is 5.20. The van der Waals surface area contributed by atoms with Crippen molar-refractivity contribution in [2.75, 3.05) is 52.5 Å². The number of rotatable bonds is 15. The fourth-order valence-electron chi connectivity index (χ4n) is 6.29. The predicted molar refractivity (Wildman–Crippen MR) is 166 cm³/mol. The minimum atomic E-state index is -0.0877. The number of likely N-dealkylation sites (N-methyl/N-ethyl adjacent to an activating group) is 1. The Balaban J connectivity index is 1.07. The summed E-state index contributed by atoms with van der Waals surface area (Å²) in [6.45, 7) is 23.9. The molecule has 41 heavy (non-hydrogen) atoms. The van der Waals surface area contributed by atoms with Gasteiger partial charge in [-0.25, -0.2) is 0 Å². The maximum absolute atomic E-state index is 6.29. The Morgan fingerprint density at radius 1 is 0.878 bits per heavy atom. The quantitative estimate of drug-likeness (QED) is 0.239. The number of ether oxygens (including phenoxy) is 4. The molecule has 1 aromatic heterocycles. The fourth-order valence-corrected chi connectivity index (χ4v) is 6.29. The zero-order valence-electron chi connectivity index (χ0n) is 27.2. The molecule has 0 bridgehead atoms. The van der Waals surface area contributed by atoms with Gasteiger partial charge in [-0.3, -0.25) is 9.88 Å². The molecule has 4 rings (SSSR count). The Hall–Kier alpha value is -1.25. The molecule has 0 N–H and O–H groups in total. The van der Waals surface area contributed by atoms with E-state index in [1.54, 1.807) is 0 Å². The van der Waals surface area contributed by atoms with Crippen LogP contribution in [-0.4, -0.2) is 97.3 Å². The average Bonchev–Trinajstić information content (AvgIpc) is 2.86. The van der Waals surface area contributed by atoms with E-state index in [1.807, 2.05) is 6.20 Å². The molecule has 7 heteroatoms. The van der Waals surface area contributed by atoms with Crippen LogP contribution in [0.1, 0.15) is 92.7 Å². The molecule has 1 unspecified atom stereocenters. The highest BCUT2D eigenvalue weighted by Crippen LogP contribution is 2.33. The molecule has 3 heterocycles. The van der Waals surface area contributed by atoms with Crippen LogP contribution in [0, 0.1) is 11.3 Å². The van der Waals surface area contributed by atoms with E-state index >= 15 is 0 Å². The molecule has 2 saturated heterocycles. The van der Waals surface area contributed by atoms with Crippen LogP contribution in [0.25, 0.3) is 0 Å². The smallest absolute Gasteiger partial charge is 0.138 e. The summed E-state index contributed by atoms with van der Waals surface area (Å²) in [7, 11) is 0. The van der Waals surface area contributed by atoms with Crippen molar-refractivity contribution in [3.8, 4) is 5.75 Å². The molecule has 0 aromatic carbocycles. The third-order valence-electron chi connectivity index (χ3n) is 9.10. The van der Waals surface area contributed by atoms with Gasteiger partial charge < -0.3 is 23.8 Å². The second kappa shape index (κ2) is 15.0. The molecule has 7 nitrogen and oxygen atoms in total. The van der Waals surface area contributed by atoms with Gasteiger partial charge in [-0.2, -0.15) is 0 Å². The van der Waals surface area contributed by atoms with Gasteiger partial charge in [0.15, 0.2) is 0 Å². The van der Waals surface area contributed by atoms with Gasteiger partial charge in [-0.1, -0.05) is 27.7 Å². The molecule has 1 atom stereocenters. The summed E-state index contributed by atoms with van der Waals surface area (Å²) in [4.78, 5) is 9.71. The number of aromatic nitrogens is 1. The van der Waals surface area contributed by atoms with Crippen molar-refractivity contribution in [1.82, 2.24) is 14.8 Å². The van der Waals surface area contributed by atoms with Gasteiger partial charge in [-0.05, 0) is 82.9 Å². The third-order valence-corrected chi connectivity index (χ3v) is 9.10. The molecule has 1 aliphatic carbocycles. The Morgan fingerprint density at radius 2 is 1.61 bits per heavy atom. The van der Waals surface area contributed by atoms with E-state index < -0.39 is 0 Å². The molecule has 2 aliphatic heterocycles. The summed E-state index contributed by atoms with van der Waals surface area (Å²) in [6.07, 6.45) is 10.8. The van der Waals surface area contributed by atoms with Gasteiger partial charge in [-0.15, -0.1) is 0 Å². The van der Waals surface area contributed by atoms with E-state index in [9.17, 15) is 0 Å². The number of nitrogens with zero attached hydrogens (tertiary/aromatic N) is 3. The Bertz CT molecular complexity index is 877. The molecule has 0 amide bonds. The van der Waals surface area contributed by atoms with Crippen molar-refractivity contribution < 1.29 is 18.9 Å². The maximum atomic E-state index is 6.29. The average molecular weight is 574 g/mol. The van der Waals surface area contributed by atoms with E-state index in [4.69, 9.17) is 23.9 Å². The minimum absolute atomic E-state index is 0.0877. The van der Waals surface area contributed by atoms with Crippen LogP contribution < -0.4 is 4.74 Å². The zero-order chi connectivity index (χ0) is 29.5. The molecule has 1 aromatic rings. The van der Waals surface area contributed by atoms with E-state index in [2.05, 4.69) is 70.4 Å². The van der Waals surface area contributed by atoms with Crippen LogP contribution in [0.3, 0.4) is 0 Å².